The fraction of sp³-hybridized carbons (Fsp3) is 0.294. The zero-order valence-electron chi connectivity index (χ0n) is 14.3. The van der Waals surface area contributed by atoms with Gasteiger partial charge >= 0.3 is 0 Å². The van der Waals surface area contributed by atoms with Crippen molar-refractivity contribution in [3.8, 4) is 5.75 Å². The Bertz CT molecular complexity index is 1030. The molecule has 0 aliphatic carbocycles. The molecule has 0 spiro atoms. The summed E-state index contributed by atoms with van der Waals surface area (Å²) in [4.78, 5) is 27.7. The molecule has 0 fully saturated rings. The van der Waals surface area contributed by atoms with Crippen molar-refractivity contribution in [1.82, 2.24) is 19.1 Å². The van der Waals surface area contributed by atoms with Gasteiger partial charge < -0.3 is 14.2 Å². The summed E-state index contributed by atoms with van der Waals surface area (Å²) in [5.41, 5.74) is 1.89. The second kappa shape index (κ2) is 5.73. The van der Waals surface area contributed by atoms with Crippen molar-refractivity contribution in [1.29, 1.82) is 0 Å². The van der Waals surface area contributed by atoms with Crippen LogP contribution in [0.15, 0.2) is 40.4 Å². The van der Waals surface area contributed by atoms with E-state index in [1.165, 1.54) is 0 Å². The van der Waals surface area contributed by atoms with Crippen LogP contribution in [0.3, 0.4) is 0 Å². The predicted octanol–water partition coefficient (Wildman–Crippen LogP) is 1.13. The quantitative estimate of drug-likeness (QED) is 0.715. The van der Waals surface area contributed by atoms with Crippen molar-refractivity contribution in [2.24, 2.45) is 4.99 Å². The highest BCUT2D eigenvalue weighted by atomic mass is 16.5. The molecule has 0 N–H and O–H groups in total. The van der Waals surface area contributed by atoms with Crippen molar-refractivity contribution in [2.45, 2.75) is 13.1 Å². The van der Waals surface area contributed by atoms with Gasteiger partial charge in [-0.05, 0) is 17.7 Å². The summed E-state index contributed by atoms with van der Waals surface area (Å²) in [6.45, 7) is 1.00. The Morgan fingerprint density at radius 3 is 2.72 bits per heavy atom. The molecule has 0 unspecified atom stereocenters. The summed E-state index contributed by atoms with van der Waals surface area (Å²) < 4.78 is 8.67. The van der Waals surface area contributed by atoms with Gasteiger partial charge in [-0.2, -0.15) is 4.98 Å². The minimum atomic E-state index is -0.140. The lowest BCUT2D eigenvalue weighted by atomic mass is 10.2. The highest BCUT2D eigenvalue weighted by Gasteiger charge is 2.27. The van der Waals surface area contributed by atoms with Crippen LogP contribution in [0.2, 0.25) is 0 Å². The molecule has 1 aliphatic heterocycles. The van der Waals surface area contributed by atoms with Crippen LogP contribution in [0, 0.1) is 0 Å². The molecule has 0 amide bonds. The minimum absolute atomic E-state index is 0.140. The van der Waals surface area contributed by atoms with Gasteiger partial charge in [0.2, 0.25) is 5.95 Å². The summed E-state index contributed by atoms with van der Waals surface area (Å²) in [5, 5.41) is 0. The fourth-order valence-electron chi connectivity index (χ4n) is 3.04. The van der Waals surface area contributed by atoms with E-state index in [1.807, 2.05) is 40.8 Å². The van der Waals surface area contributed by atoms with E-state index in [4.69, 9.17) is 4.74 Å². The highest BCUT2D eigenvalue weighted by molar-refractivity contribution is 5.99. The summed E-state index contributed by atoms with van der Waals surface area (Å²) in [5.74, 6) is 2.20. The van der Waals surface area contributed by atoms with E-state index in [0.29, 0.717) is 30.2 Å². The number of methoxy groups -OCH3 is 1. The van der Waals surface area contributed by atoms with Crippen LogP contribution in [-0.2, 0) is 13.1 Å². The molecule has 1 aliphatic rings. The molecule has 8 heteroatoms. The zero-order valence-corrected chi connectivity index (χ0v) is 14.3. The van der Waals surface area contributed by atoms with E-state index in [2.05, 4.69) is 15.0 Å². The average molecular weight is 338 g/mol. The Morgan fingerprint density at radius 2 is 2.04 bits per heavy atom. The van der Waals surface area contributed by atoms with Crippen LogP contribution >= 0.6 is 0 Å². The maximum atomic E-state index is 12.7. The van der Waals surface area contributed by atoms with E-state index in [-0.39, 0.29) is 5.56 Å². The Balaban J connectivity index is 1.78. The topological polar surface area (TPSA) is 77.5 Å². The van der Waals surface area contributed by atoms with E-state index >= 15 is 0 Å². The highest BCUT2D eigenvalue weighted by Crippen LogP contribution is 2.20. The molecule has 1 aromatic carbocycles. The molecule has 128 valence electrons. The molecule has 25 heavy (non-hydrogen) atoms. The molecular weight excluding hydrogens is 320 g/mol. The maximum absolute atomic E-state index is 12.7. The second-order valence-corrected chi connectivity index (χ2v) is 5.89. The monoisotopic (exact) mass is 338 g/mol. The number of ether oxygens (including phenoxy) is 1. The fourth-order valence-corrected chi connectivity index (χ4v) is 3.04. The van der Waals surface area contributed by atoms with Gasteiger partial charge in [-0.15, -0.1) is 0 Å². The van der Waals surface area contributed by atoms with E-state index in [9.17, 15) is 4.79 Å². The standard InChI is InChI=1S/C17H18N6O2/c1-18-13-9-23-16(24)14-15(20-17(23)21(13)2)22(10-19-14)8-11-4-6-12(25-3)7-5-11/h4-7,10H,8-9H2,1-3H3. The van der Waals surface area contributed by atoms with E-state index < -0.39 is 0 Å². The number of likely N-dealkylation sites (N-methyl/N-ethyl adjacent to an activating group) is 1. The van der Waals surface area contributed by atoms with Crippen LogP contribution in [0.4, 0.5) is 5.95 Å². The molecule has 0 radical (unpaired) electrons. The largest absolute Gasteiger partial charge is 0.497 e. The Labute approximate surface area is 144 Å². The number of benzene rings is 1. The first-order valence-electron chi connectivity index (χ1n) is 7.90. The average Bonchev–Trinajstić information content (AvgIpc) is 3.18. The normalized spacial score (nSPS) is 15.2. The molecule has 3 heterocycles. The molecular formula is C17H18N6O2. The first-order chi connectivity index (χ1) is 12.1. The van der Waals surface area contributed by atoms with Crippen LogP contribution in [0.25, 0.3) is 11.2 Å². The molecule has 4 rings (SSSR count). The van der Waals surface area contributed by atoms with Gasteiger partial charge in [0.05, 0.1) is 26.5 Å². The van der Waals surface area contributed by atoms with Gasteiger partial charge in [-0.3, -0.25) is 14.4 Å². The number of imidazole rings is 1. The van der Waals surface area contributed by atoms with E-state index in [1.54, 1.807) is 25.1 Å². The number of hydrogen-bond donors (Lipinski definition) is 0. The van der Waals surface area contributed by atoms with Crippen molar-refractivity contribution in [3.05, 3.63) is 46.5 Å². The Morgan fingerprint density at radius 1 is 1.28 bits per heavy atom. The van der Waals surface area contributed by atoms with Crippen molar-refractivity contribution in [3.63, 3.8) is 0 Å². The lowest BCUT2D eigenvalue weighted by Crippen LogP contribution is -2.22. The third kappa shape index (κ3) is 2.37. The lowest BCUT2D eigenvalue weighted by Gasteiger charge is -2.11. The van der Waals surface area contributed by atoms with Crippen LogP contribution in [0.5, 0.6) is 5.75 Å². The molecule has 0 saturated carbocycles. The molecule has 0 bridgehead atoms. The van der Waals surface area contributed by atoms with Gasteiger partial charge in [-0.1, -0.05) is 12.1 Å². The third-order valence-electron chi connectivity index (χ3n) is 4.46. The SMILES string of the molecule is CN=C1Cn2c(nc3c(ncn3Cc3ccc(OC)cc3)c2=O)N1C. The Kier molecular flexibility index (Phi) is 3.52. The summed E-state index contributed by atoms with van der Waals surface area (Å²) >= 11 is 0. The minimum Gasteiger partial charge on any atom is -0.497 e. The van der Waals surface area contributed by atoms with Crippen molar-refractivity contribution < 1.29 is 4.74 Å². The van der Waals surface area contributed by atoms with Crippen molar-refractivity contribution in [2.75, 3.05) is 26.1 Å². The lowest BCUT2D eigenvalue weighted by molar-refractivity contribution is 0.414. The second-order valence-electron chi connectivity index (χ2n) is 5.89. The zero-order chi connectivity index (χ0) is 17.6. The number of hydrogen-bond acceptors (Lipinski definition) is 5. The number of anilines is 1. The molecule has 2 aromatic heterocycles. The number of nitrogens with zero attached hydrogens (tertiary/aromatic N) is 6. The Hall–Kier alpha value is -3.16. The van der Waals surface area contributed by atoms with Gasteiger partial charge in [0.25, 0.3) is 5.56 Å². The van der Waals surface area contributed by atoms with Gasteiger partial charge in [0.1, 0.15) is 11.6 Å². The maximum Gasteiger partial charge on any atom is 0.283 e. The van der Waals surface area contributed by atoms with Crippen molar-refractivity contribution >= 4 is 22.9 Å². The first-order valence-corrected chi connectivity index (χ1v) is 7.90. The third-order valence-corrected chi connectivity index (χ3v) is 4.46. The van der Waals surface area contributed by atoms with Gasteiger partial charge in [0.15, 0.2) is 11.2 Å². The van der Waals surface area contributed by atoms with E-state index in [0.717, 1.165) is 17.1 Å². The molecule has 8 nitrogen and oxygen atoms in total. The van der Waals surface area contributed by atoms with Crippen LogP contribution in [0.1, 0.15) is 5.56 Å². The molecule has 0 saturated heterocycles. The predicted molar refractivity (Wildman–Crippen MR) is 95.6 cm³/mol. The number of rotatable bonds is 3. The number of fused-ring (bicyclic) bond motifs is 2. The first kappa shape index (κ1) is 15.4. The van der Waals surface area contributed by atoms with Gasteiger partial charge in [0, 0.05) is 14.1 Å². The molecule has 3 aromatic rings. The smallest absolute Gasteiger partial charge is 0.283 e. The number of aromatic nitrogens is 4. The number of aliphatic imine (C=N–C) groups is 1. The number of amidine groups is 1. The van der Waals surface area contributed by atoms with Crippen LogP contribution < -0.4 is 15.2 Å². The summed E-state index contributed by atoms with van der Waals surface area (Å²) in [7, 11) is 5.22. The molecule has 0 atom stereocenters. The summed E-state index contributed by atoms with van der Waals surface area (Å²) in [6, 6.07) is 7.79. The van der Waals surface area contributed by atoms with Gasteiger partial charge in [-0.25, -0.2) is 4.98 Å². The van der Waals surface area contributed by atoms with Crippen LogP contribution in [-0.4, -0.2) is 46.1 Å². The summed E-state index contributed by atoms with van der Waals surface area (Å²) in [6.07, 6.45) is 1.66.